The van der Waals surface area contributed by atoms with Gasteiger partial charge in [0.05, 0.1) is 14.2 Å². The minimum atomic E-state index is -1.30. The zero-order chi connectivity index (χ0) is 11.4. The Morgan fingerprint density at radius 2 is 2.07 bits per heavy atom. The molecular formula is C11H14O4. The number of rotatable bonds is 3. The van der Waals surface area contributed by atoms with Gasteiger partial charge in [-0.2, -0.15) is 0 Å². The van der Waals surface area contributed by atoms with Crippen molar-refractivity contribution in [2.45, 2.75) is 13.0 Å². The first-order chi connectivity index (χ1) is 7.10. The number of aliphatic hydroxyl groups is 1. The maximum atomic E-state index is 11.1. The zero-order valence-corrected chi connectivity index (χ0v) is 8.98. The molecule has 1 aromatic rings. The van der Waals surface area contributed by atoms with Crippen LogP contribution in [0.5, 0.6) is 5.75 Å². The topological polar surface area (TPSA) is 55.8 Å². The largest absolute Gasteiger partial charge is 0.496 e. The minimum Gasteiger partial charge on any atom is -0.496 e. The SMILES string of the molecule is COC(=O)C(O)c1ccc(C)cc1OC. The molecule has 1 unspecified atom stereocenters. The lowest BCUT2D eigenvalue weighted by Gasteiger charge is -2.13. The fourth-order valence-electron chi connectivity index (χ4n) is 1.28. The molecule has 0 fully saturated rings. The number of hydrogen-bond donors (Lipinski definition) is 1. The molecule has 0 heterocycles. The van der Waals surface area contributed by atoms with E-state index < -0.39 is 12.1 Å². The number of methoxy groups -OCH3 is 2. The van der Waals surface area contributed by atoms with Gasteiger partial charge in [-0.25, -0.2) is 4.79 Å². The lowest BCUT2D eigenvalue weighted by Crippen LogP contribution is -2.14. The van der Waals surface area contributed by atoms with E-state index in [0.717, 1.165) is 5.56 Å². The standard InChI is InChI=1S/C11H14O4/c1-7-4-5-8(9(6-7)14-2)10(12)11(13)15-3/h4-6,10,12H,1-3H3. The molecule has 0 amide bonds. The van der Waals surface area contributed by atoms with E-state index in [2.05, 4.69) is 4.74 Å². The molecule has 4 heteroatoms. The number of esters is 1. The number of aryl methyl sites for hydroxylation is 1. The van der Waals surface area contributed by atoms with Crippen molar-refractivity contribution in [2.75, 3.05) is 14.2 Å². The molecule has 4 nitrogen and oxygen atoms in total. The van der Waals surface area contributed by atoms with E-state index in [0.29, 0.717) is 11.3 Å². The van der Waals surface area contributed by atoms with Crippen molar-refractivity contribution in [3.05, 3.63) is 29.3 Å². The van der Waals surface area contributed by atoms with E-state index >= 15 is 0 Å². The highest BCUT2D eigenvalue weighted by atomic mass is 16.5. The molecule has 0 spiro atoms. The summed E-state index contributed by atoms with van der Waals surface area (Å²) in [7, 11) is 2.72. The van der Waals surface area contributed by atoms with Crippen LogP contribution in [0.2, 0.25) is 0 Å². The van der Waals surface area contributed by atoms with Gasteiger partial charge in [0.1, 0.15) is 5.75 Å². The highest BCUT2D eigenvalue weighted by molar-refractivity contribution is 5.77. The van der Waals surface area contributed by atoms with E-state index in [9.17, 15) is 9.90 Å². The molecular weight excluding hydrogens is 196 g/mol. The minimum absolute atomic E-state index is 0.412. The number of hydrogen-bond acceptors (Lipinski definition) is 4. The molecule has 0 radical (unpaired) electrons. The van der Waals surface area contributed by atoms with E-state index in [1.165, 1.54) is 14.2 Å². The van der Waals surface area contributed by atoms with Crippen LogP contribution < -0.4 is 4.74 Å². The van der Waals surface area contributed by atoms with Crippen molar-refractivity contribution in [3.63, 3.8) is 0 Å². The molecule has 0 bridgehead atoms. The highest BCUT2D eigenvalue weighted by Crippen LogP contribution is 2.26. The summed E-state index contributed by atoms with van der Waals surface area (Å²) >= 11 is 0. The van der Waals surface area contributed by atoms with Crippen molar-refractivity contribution >= 4 is 5.97 Å². The average molecular weight is 210 g/mol. The van der Waals surface area contributed by atoms with Gasteiger partial charge in [0, 0.05) is 5.56 Å². The smallest absolute Gasteiger partial charge is 0.339 e. The number of aliphatic hydroxyl groups excluding tert-OH is 1. The Kier molecular flexibility index (Phi) is 3.68. The predicted molar refractivity (Wildman–Crippen MR) is 54.7 cm³/mol. The zero-order valence-electron chi connectivity index (χ0n) is 8.98. The van der Waals surface area contributed by atoms with Crippen molar-refractivity contribution in [1.29, 1.82) is 0 Å². The van der Waals surface area contributed by atoms with Crippen LogP contribution in [0.15, 0.2) is 18.2 Å². The molecule has 0 aliphatic heterocycles. The van der Waals surface area contributed by atoms with Crippen molar-refractivity contribution in [3.8, 4) is 5.75 Å². The van der Waals surface area contributed by atoms with Gasteiger partial charge in [-0.05, 0) is 18.6 Å². The van der Waals surface area contributed by atoms with Crippen LogP contribution in [0.25, 0.3) is 0 Å². The fraction of sp³-hybridized carbons (Fsp3) is 0.364. The first-order valence-electron chi connectivity index (χ1n) is 4.50. The van der Waals surface area contributed by atoms with Gasteiger partial charge >= 0.3 is 5.97 Å². The Hall–Kier alpha value is -1.55. The first kappa shape index (κ1) is 11.5. The number of benzene rings is 1. The monoisotopic (exact) mass is 210 g/mol. The summed E-state index contributed by atoms with van der Waals surface area (Å²) in [5.41, 5.74) is 1.41. The molecule has 15 heavy (non-hydrogen) atoms. The molecule has 0 aromatic heterocycles. The molecule has 0 aliphatic carbocycles. The molecule has 0 saturated carbocycles. The van der Waals surface area contributed by atoms with Crippen LogP contribution in [0.3, 0.4) is 0 Å². The van der Waals surface area contributed by atoms with Gasteiger partial charge in [-0.1, -0.05) is 12.1 Å². The van der Waals surface area contributed by atoms with Crippen molar-refractivity contribution in [1.82, 2.24) is 0 Å². The maximum Gasteiger partial charge on any atom is 0.339 e. The first-order valence-corrected chi connectivity index (χ1v) is 4.50. The summed E-state index contributed by atoms with van der Waals surface area (Å²) < 4.78 is 9.53. The molecule has 1 aromatic carbocycles. The summed E-state index contributed by atoms with van der Waals surface area (Å²) in [6.07, 6.45) is -1.30. The Balaban J connectivity index is 3.07. The van der Waals surface area contributed by atoms with E-state index in [-0.39, 0.29) is 0 Å². The van der Waals surface area contributed by atoms with Crippen molar-refractivity contribution < 1.29 is 19.4 Å². The molecule has 0 aliphatic rings. The van der Waals surface area contributed by atoms with Crippen LogP contribution in [0.4, 0.5) is 0 Å². The number of ether oxygens (including phenoxy) is 2. The van der Waals surface area contributed by atoms with Gasteiger partial charge in [-0.3, -0.25) is 0 Å². The van der Waals surface area contributed by atoms with Gasteiger partial charge in [0.25, 0.3) is 0 Å². The summed E-state index contributed by atoms with van der Waals surface area (Å²) in [5, 5.41) is 9.64. The highest BCUT2D eigenvalue weighted by Gasteiger charge is 2.21. The lowest BCUT2D eigenvalue weighted by atomic mass is 10.1. The molecule has 0 saturated heterocycles. The fourth-order valence-corrected chi connectivity index (χ4v) is 1.28. The van der Waals surface area contributed by atoms with Crippen LogP contribution in [0, 0.1) is 6.92 Å². The van der Waals surface area contributed by atoms with Crippen molar-refractivity contribution in [2.24, 2.45) is 0 Å². The van der Waals surface area contributed by atoms with Gasteiger partial charge < -0.3 is 14.6 Å². The Bertz CT molecular complexity index is 360. The lowest BCUT2D eigenvalue weighted by molar-refractivity contribution is -0.150. The predicted octanol–water partition coefficient (Wildman–Crippen LogP) is 1.21. The maximum absolute atomic E-state index is 11.1. The Morgan fingerprint density at radius 3 is 2.60 bits per heavy atom. The molecule has 1 rings (SSSR count). The third-order valence-electron chi connectivity index (χ3n) is 2.11. The van der Waals surface area contributed by atoms with E-state index in [4.69, 9.17) is 4.74 Å². The number of carbonyl (C=O) groups is 1. The van der Waals surface area contributed by atoms with E-state index in [1.54, 1.807) is 18.2 Å². The Labute approximate surface area is 88.4 Å². The second kappa shape index (κ2) is 4.79. The summed E-state index contributed by atoms with van der Waals surface area (Å²) in [6, 6.07) is 5.20. The van der Waals surface area contributed by atoms with Crippen LogP contribution in [-0.2, 0) is 9.53 Å². The summed E-state index contributed by atoms with van der Waals surface area (Å²) in [4.78, 5) is 11.1. The van der Waals surface area contributed by atoms with Crippen LogP contribution >= 0.6 is 0 Å². The Morgan fingerprint density at radius 1 is 1.40 bits per heavy atom. The van der Waals surface area contributed by atoms with Gasteiger partial charge in [0.2, 0.25) is 0 Å². The van der Waals surface area contributed by atoms with E-state index in [1.807, 2.05) is 6.92 Å². The normalized spacial score (nSPS) is 12.0. The quantitative estimate of drug-likeness (QED) is 0.762. The molecule has 82 valence electrons. The second-order valence-electron chi connectivity index (χ2n) is 3.17. The summed E-state index contributed by atoms with van der Waals surface area (Å²) in [5.74, 6) is -0.218. The van der Waals surface area contributed by atoms with Crippen LogP contribution in [0.1, 0.15) is 17.2 Å². The van der Waals surface area contributed by atoms with Gasteiger partial charge in [0.15, 0.2) is 6.10 Å². The average Bonchev–Trinajstić information content (AvgIpc) is 2.26. The van der Waals surface area contributed by atoms with Gasteiger partial charge in [-0.15, -0.1) is 0 Å². The van der Waals surface area contributed by atoms with Crippen LogP contribution in [-0.4, -0.2) is 25.3 Å². The number of carbonyl (C=O) groups excluding carboxylic acids is 1. The third-order valence-corrected chi connectivity index (χ3v) is 2.11. The molecule has 1 atom stereocenters. The third kappa shape index (κ3) is 2.47. The second-order valence-corrected chi connectivity index (χ2v) is 3.17. The molecule has 1 N–H and O–H groups in total. The summed E-state index contributed by atoms with van der Waals surface area (Å²) in [6.45, 7) is 1.90.